The normalized spacial score (nSPS) is 17.1. The third-order valence-electron chi connectivity index (χ3n) is 2.79. The predicted octanol–water partition coefficient (Wildman–Crippen LogP) is 3.17. The van der Waals surface area contributed by atoms with E-state index in [4.69, 9.17) is 10.5 Å². The van der Waals surface area contributed by atoms with Gasteiger partial charge in [-0.1, -0.05) is 26.2 Å². The van der Waals surface area contributed by atoms with Crippen molar-refractivity contribution in [3.63, 3.8) is 0 Å². The van der Waals surface area contributed by atoms with Gasteiger partial charge in [-0.25, -0.2) is 4.79 Å². The Hall–Kier alpha value is -0.780. The molecule has 0 heterocycles. The largest absolute Gasteiger partial charge is 0.461 e. The summed E-state index contributed by atoms with van der Waals surface area (Å²) in [6.45, 7) is 4.27. The van der Waals surface area contributed by atoms with E-state index in [0.717, 1.165) is 25.7 Å². The molecule has 0 aliphatic carbocycles. The lowest BCUT2D eigenvalue weighted by molar-refractivity contribution is -0.204. The van der Waals surface area contributed by atoms with Crippen LogP contribution in [0.1, 0.15) is 52.9 Å². The Kier molecular flexibility index (Phi) is 6.67. The molecule has 0 saturated carbocycles. The van der Waals surface area contributed by atoms with E-state index in [0.29, 0.717) is 13.3 Å². The second-order valence-corrected chi connectivity index (χ2v) is 4.77. The smallest absolute Gasteiger partial charge is 0.416 e. The van der Waals surface area contributed by atoms with Gasteiger partial charge in [0.05, 0.1) is 6.10 Å². The molecule has 0 amide bonds. The van der Waals surface area contributed by atoms with Crippen molar-refractivity contribution in [3.8, 4) is 0 Å². The lowest BCUT2D eigenvalue weighted by Gasteiger charge is -2.27. The molecule has 2 N–H and O–H groups in total. The standard InChI is InChI=1S/C12H22F3NO2/c1-4-5-6-7-8-9(2)18-10(17)11(3,16)12(13,14)15/h9H,4-8,16H2,1-3H3. The summed E-state index contributed by atoms with van der Waals surface area (Å²) in [5.74, 6) is -1.42. The summed E-state index contributed by atoms with van der Waals surface area (Å²) in [7, 11) is 0. The number of ether oxygens (including phenoxy) is 1. The second-order valence-electron chi connectivity index (χ2n) is 4.77. The first-order valence-corrected chi connectivity index (χ1v) is 6.19. The highest BCUT2D eigenvalue weighted by molar-refractivity contribution is 5.81. The monoisotopic (exact) mass is 269 g/mol. The van der Waals surface area contributed by atoms with E-state index in [2.05, 4.69) is 6.92 Å². The van der Waals surface area contributed by atoms with Crippen LogP contribution in [0.3, 0.4) is 0 Å². The quantitative estimate of drug-likeness (QED) is 0.570. The van der Waals surface area contributed by atoms with Gasteiger partial charge in [-0.05, 0) is 26.7 Å². The number of carbonyl (C=O) groups excluding carboxylic acids is 1. The molecule has 0 aromatic heterocycles. The van der Waals surface area contributed by atoms with Gasteiger partial charge in [0.1, 0.15) is 0 Å². The van der Waals surface area contributed by atoms with Crippen molar-refractivity contribution in [2.75, 3.05) is 0 Å². The molecule has 0 aromatic carbocycles. The van der Waals surface area contributed by atoms with Crippen molar-refractivity contribution in [1.82, 2.24) is 0 Å². The van der Waals surface area contributed by atoms with Crippen molar-refractivity contribution in [3.05, 3.63) is 0 Å². The van der Waals surface area contributed by atoms with E-state index in [9.17, 15) is 18.0 Å². The first-order valence-electron chi connectivity index (χ1n) is 6.19. The first kappa shape index (κ1) is 17.2. The molecule has 0 saturated heterocycles. The zero-order valence-corrected chi connectivity index (χ0v) is 11.1. The van der Waals surface area contributed by atoms with Crippen molar-refractivity contribution in [1.29, 1.82) is 0 Å². The molecule has 0 aromatic rings. The summed E-state index contributed by atoms with van der Waals surface area (Å²) in [4.78, 5) is 11.3. The fourth-order valence-corrected chi connectivity index (χ4v) is 1.34. The molecule has 18 heavy (non-hydrogen) atoms. The summed E-state index contributed by atoms with van der Waals surface area (Å²) in [6, 6.07) is 0. The van der Waals surface area contributed by atoms with Crippen molar-refractivity contribution < 1.29 is 22.7 Å². The Labute approximate surface area is 106 Å². The molecule has 0 rings (SSSR count). The maximum absolute atomic E-state index is 12.5. The van der Waals surface area contributed by atoms with Crippen LogP contribution in [0.5, 0.6) is 0 Å². The Bertz CT molecular complexity index is 265. The SMILES string of the molecule is CCCCCCC(C)OC(=O)C(C)(N)C(F)(F)F. The number of rotatable bonds is 7. The molecule has 0 fully saturated rings. The molecule has 108 valence electrons. The molecule has 0 radical (unpaired) electrons. The molecule has 2 unspecified atom stereocenters. The molecule has 2 atom stereocenters. The Morgan fingerprint density at radius 2 is 1.83 bits per heavy atom. The van der Waals surface area contributed by atoms with Crippen molar-refractivity contribution >= 4 is 5.97 Å². The summed E-state index contributed by atoms with van der Waals surface area (Å²) in [5, 5.41) is 0. The summed E-state index contributed by atoms with van der Waals surface area (Å²) in [5.41, 5.74) is 2.02. The van der Waals surface area contributed by atoms with Crippen molar-refractivity contribution in [2.24, 2.45) is 5.73 Å². The average Bonchev–Trinajstić information content (AvgIpc) is 2.22. The molecule has 0 bridgehead atoms. The second kappa shape index (κ2) is 6.97. The molecule has 0 spiro atoms. The fourth-order valence-electron chi connectivity index (χ4n) is 1.34. The maximum Gasteiger partial charge on any atom is 0.416 e. The molecule has 3 nitrogen and oxygen atoms in total. The van der Waals surface area contributed by atoms with Crippen LogP contribution in [0.4, 0.5) is 13.2 Å². The van der Waals surface area contributed by atoms with E-state index in [-0.39, 0.29) is 0 Å². The fraction of sp³-hybridized carbons (Fsp3) is 0.917. The highest BCUT2D eigenvalue weighted by Crippen LogP contribution is 2.29. The molecular formula is C12H22F3NO2. The van der Waals surface area contributed by atoms with Crippen LogP contribution in [-0.4, -0.2) is 23.8 Å². The lowest BCUT2D eigenvalue weighted by Crippen LogP contribution is -2.58. The number of nitrogens with two attached hydrogens (primary N) is 1. The van der Waals surface area contributed by atoms with Gasteiger partial charge in [0, 0.05) is 0 Å². The zero-order valence-electron chi connectivity index (χ0n) is 11.1. The van der Waals surface area contributed by atoms with Crippen LogP contribution >= 0.6 is 0 Å². The van der Waals surface area contributed by atoms with Gasteiger partial charge in [-0.3, -0.25) is 0 Å². The van der Waals surface area contributed by atoms with Crippen LogP contribution in [0, 0.1) is 0 Å². The van der Waals surface area contributed by atoms with E-state index in [1.54, 1.807) is 6.92 Å². The van der Waals surface area contributed by atoms with Gasteiger partial charge >= 0.3 is 12.1 Å². The third-order valence-corrected chi connectivity index (χ3v) is 2.79. The highest BCUT2D eigenvalue weighted by Gasteiger charge is 2.55. The number of hydrogen-bond acceptors (Lipinski definition) is 3. The summed E-state index contributed by atoms with van der Waals surface area (Å²) < 4.78 is 42.1. The molecular weight excluding hydrogens is 247 g/mol. The number of alkyl halides is 3. The van der Waals surface area contributed by atoms with Gasteiger partial charge in [0.2, 0.25) is 5.54 Å². The van der Waals surface area contributed by atoms with Crippen LogP contribution in [-0.2, 0) is 9.53 Å². The van der Waals surface area contributed by atoms with E-state index in [1.807, 2.05) is 0 Å². The van der Waals surface area contributed by atoms with Gasteiger partial charge in [0.25, 0.3) is 0 Å². The molecule has 6 heteroatoms. The summed E-state index contributed by atoms with van der Waals surface area (Å²) >= 11 is 0. The highest BCUT2D eigenvalue weighted by atomic mass is 19.4. The minimum absolute atomic E-state index is 0.542. The van der Waals surface area contributed by atoms with Gasteiger partial charge in [-0.15, -0.1) is 0 Å². The van der Waals surface area contributed by atoms with Gasteiger partial charge < -0.3 is 10.5 Å². The topological polar surface area (TPSA) is 52.3 Å². The zero-order chi connectivity index (χ0) is 14.4. The Balaban J connectivity index is 4.15. The van der Waals surface area contributed by atoms with Crippen LogP contribution < -0.4 is 5.73 Å². The average molecular weight is 269 g/mol. The molecule has 0 aliphatic heterocycles. The Morgan fingerprint density at radius 3 is 2.28 bits per heavy atom. The lowest BCUT2D eigenvalue weighted by atomic mass is 10.0. The predicted molar refractivity (Wildman–Crippen MR) is 63.0 cm³/mol. The third kappa shape index (κ3) is 5.25. The van der Waals surface area contributed by atoms with E-state index < -0.39 is 23.8 Å². The van der Waals surface area contributed by atoms with Crippen LogP contribution in [0.25, 0.3) is 0 Å². The number of carbonyl (C=O) groups is 1. The van der Waals surface area contributed by atoms with Crippen molar-refractivity contribution in [2.45, 2.75) is 70.7 Å². The van der Waals surface area contributed by atoms with Crippen LogP contribution in [0.15, 0.2) is 0 Å². The number of unbranched alkanes of at least 4 members (excludes halogenated alkanes) is 3. The van der Waals surface area contributed by atoms with Crippen LogP contribution in [0.2, 0.25) is 0 Å². The van der Waals surface area contributed by atoms with E-state index >= 15 is 0 Å². The minimum Gasteiger partial charge on any atom is -0.461 e. The maximum atomic E-state index is 12.5. The first-order chi connectivity index (χ1) is 8.13. The number of esters is 1. The Morgan fingerprint density at radius 1 is 1.28 bits per heavy atom. The minimum atomic E-state index is -4.80. The summed E-state index contributed by atoms with van der Waals surface area (Å²) in [6.07, 6.45) is -0.834. The number of halogens is 3. The van der Waals surface area contributed by atoms with Gasteiger partial charge in [0.15, 0.2) is 0 Å². The van der Waals surface area contributed by atoms with Gasteiger partial charge in [-0.2, -0.15) is 13.2 Å². The number of hydrogen-bond donors (Lipinski definition) is 1. The molecule has 0 aliphatic rings. The van der Waals surface area contributed by atoms with E-state index in [1.165, 1.54) is 0 Å².